The maximum atomic E-state index is 5.76. The van der Waals surface area contributed by atoms with Crippen LogP contribution in [0.15, 0.2) is 73.8 Å². The van der Waals surface area contributed by atoms with E-state index in [9.17, 15) is 0 Å². The molecule has 4 aromatic rings. The van der Waals surface area contributed by atoms with Crippen molar-refractivity contribution in [3.8, 4) is 22.9 Å². The standard InChI is InChI=1S/C18H16N6O2/c1-3-15(23-11-19-20-12-23)9-17(5-1)25-7-8-26-18-6-2-4-16(10-18)24-13-21-22-14-24/h1-6,9-14H,7-8H2. The number of nitrogens with zero attached hydrogens (tertiary/aromatic N) is 6. The van der Waals surface area contributed by atoms with Crippen LogP contribution >= 0.6 is 0 Å². The molecule has 0 amide bonds. The molecule has 0 aliphatic heterocycles. The van der Waals surface area contributed by atoms with Gasteiger partial charge in [0.05, 0.1) is 11.4 Å². The second-order valence-corrected chi connectivity index (χ2v) is 5.43. The van der Waals surface area contributed by atoms with Gasteiger partial charge in [0.25, 0.3) is 0 Å². The molecule has 0 bridgehead atoms. The van der Waals surface area contributed by atoms with E-state index >= 15 is 0 Å². The molecule has 0 aliphatic carbocycles. The van der Waals surface area contributed by atoms with Crippen molar-refractivity contribution in [3.05, 3.63) is 73.8 Å². The Bertz CT molecular complexity index is 874. The summed E-state index contributed by atoms with van der Waals surface area (Å²) < 4.78 is 15.2. The number of benzene rings is 2. The van der Waals surface area contributed by atoms with Gasteiger partial charge < -0.3 is 9.47 Å². The first-order chi connectivity index (χ1) is 12.9. The van der Waals surface area contributed by atoms with Gasteiger partial charge in [-0.25, -0.2) is 0 Å². The van der Waals surface area contributed by atoms with E-state index in [4.69, 9.17) is 9.47 Å². The fraction of sp³-hybridized carbons (Fsp3) is 0.111. The Morgan fingerprint density at radius 2 is 1.04 bits per heavy atom. The predicted molar refractivity (Wildman–Crippen MR) is 93.7 cm³/mol. The van der Waals surface area contributed by atoms with Crippen LogP contribution in [0.2, 0.25) is 0 Å². The zero-order chi connectivity index (χ0) is 17.6. The molecule has 0 unspecified atom stereocenters. The molecule has 0 aliphatic rings. The second-order valence-electron chi connectivity index (χ2n) is 5.43. The molecule has 0 radical (unpaired) electrons. The summed E-state index contributed by atoms with van der Waals surface area (Å²) in [6, 6.07) is 15.4. The number of rotatable bonds is 7. The monoisotopic (exact) mass is 348 g/mol. The molecular formula is C18H16N6O2. The highest BCUT2D eigenvalue weighted by Crippen LogP contribution is 2.18. The van der Waals surface area contributed by atoms with Crippen molar-refractivity contribution in [3.63, 3.8) is 0 Å². The summed E-state index contributed by atoms with van der Waals surface area (Å²) in [7, 11) is 0. The second kappa shape index (κ2) is 7.47. The number of hydrogen-bond acceptors (Lipinski definition) is 6. The van der Waals surface area contributed by atoms with Crippen LogP contribution in [0, 0.1) is 0 Å². The van der Waals surface area contributed by atoms with Crippen LogP contribution in [0.25, 0.3) is 11.4 Å². The highest BCUT2D eigenvalue weighted by atomic mass is 16.5. The minimum atomic E-state index is 0.433. The van der Waals surface area contributed by atoms with Crippen molar-refractivity contribution < 1.29 is 9.47 Å². The molecule has 2 aromatic carbocycles. The molecule has 8 heteroatoms. The molecule has 0 spiro atoms. The van der Waals surface area contributed by atoms with Gasteiger partial charge in [-0.1, -0.05) is 12.1 Å². The van der Waals surface area contributed by atoms with E-state index in [0.29, 0.717) is 13.2 Å². The topological polar surface area (TPSA) is 79.9 Å². The Morgan fingerprint density at radius 3 is 1.46 bits per heavy atom. The Labute approximate surface area is 149 Å². The van der Waals surface area contributed by atoms with Gasteiger partial charge >= 0.3 is 0 Å². The van der Waals surface area contributed by atoms with Crippen molar-refractivity contribution in [2.45, 2.75) is 0 Å². The molecule has 0 N–H and O–H groups in total. The smallest absolute Gasteiger partial charge is 0.123 e. The van der Waals surface area contributed by atoms with E-state index in [2.05, 4.69) is 20.4 Å². The molecule has 130 valence electrons. The lowest BCUT2D eigenvalue weighted by molar-refractivity contribution is 0.217. The average Bonchev–Trinajstić information content (AvgIpc) is 3.40. The van der Waals surface area contributed by atoms with E-state index in [1.807, 2.05) is 57.7 Å². The summed E-state index contributed by atoms with van der Waals surface area (Å²) in [5.74, 6) is 1.52. The lowest BCUT2D eigenvalue weighted by atomic mass is 10.3. The van der Waals surface area contributed by atoms with Gasteiger partial charge in [-0.3, -0.25) is 9.13 Å². The molecular weight excluding hydrogens is 332 g/mol. The SMILES string of the molecule is c1cc(OCCOc2cccc(-n3cnnc3)c2)cc(-n2cnnc2)c1. The minimum Gasteiger partial charge on any atom is -0.490 e. The normalized spacial score (nSPS) is 10.6. The fourth-order valence-corrected chi connectivity index (χ4v) is 2.45. The molecule has 2 heterocycles. The Hall–Kier alpha value is -3.68. The number of ether oxygens (including phenoxy) is 2. The molecule has 0 saturated heterocycles. The lowest BCUT2D eigenvalue weighted by Crippen LogP contribution is -2.09. The van der Waals surface area contributed by atoms with Crippen LogP contribution < -0.4 is 9.47 Å². The molecule has 0 fully saturated rings. The van der Waals surface area contributed by atoms with Crippen molar-refractivity contribution in [1.29, 1.82) is 0 Å². The highest BCUT2D eigenvalue weighted by molar-refractivity contribution is 5.39. The van der Waals surface area contributed by atoms with E-state index < -0.39 is 0 Å². The van der Waals surface area contributed by atoms with Crippen LogP contribution in [0.1, 0.15) is 0 Å². The third kappa shape index (κ3) is 3.69. The van der Waals surface area contributed by atoms with Crippen LogP contribution in [-0.2, 0) is 0 Å². The zero-order valence-corrected chi connectivity index (χ0v) is 13.8. The van der Waals surface area contributed by atoms with Gasteiger partial charge in [-0.2, -0.15) is 0 Å². The van der Waals surface area contributed by atoms with Crippen LogP contribution in [0.5, 0.6) is 11.5 Å². The van der Waals surface area contributed by atoms with E-state index in [0.717, 1.165) is 22.9 Å². The summed E-state index contributed by atoms with van der Waals surface area (Å²) in [6.45, 7) is 0.866. The number of hydrogen-bond donors (Lipinski definition) is 0. The van der Waals surface area contributed by atoms with E-state index in [1.54, 1.807) is 25.3 Å². The third-order valence-electron chi connectivity index (χ3n) is 3.69. The van der Waals surface area contributed by atoms with Crippen molar-refractivity contribution in [2.75, 3.05) is 13.2 Å². The van der Waals surface area contributed by atoms with Gasteiger partial charge in [0.2, 0.25) is 0 Å². The van der Waals surface area contributed by atoms with Gasteiger partial charge in [0.15, 0.2) is 0 Å². The third-order valence-corrected chi connectivity index (χ3v) is 3.69. The summed E-state index contributed by atoms with van der Waals surface area (Å²) in [6.07, 6.45) is 6.58. The Balaban J connectivity index is 1.32. The highest BCUT2D eigenvalue weighted by Gasteiger charge is 2.02. The van der Waals surface area contributed by atoms with Gasteiger partial charge in [-0.15, -0.1) is 20.4 Å². The molecule has 4 rings (SSSR count). The molecule has 0 atom stereocenters. The van der Waals surface area contributed by atoms with Gasteiger partial charge in [0.1, 0.15) is 50.0 Å². The Morgan fingerprint density at radius 1 is 0.615 bits per heavy atom. The molecule has 2 aromatic heterocycles. The first-order valence-corrected chi connectivity index (χ1v) is 8.04. The largest absolute Gasteiger partial charge is 0.490 e. The predicted octanol–water partition coefficient (Wildman–Crippen LogP) is 2.31. The van der Waals surface area contributed by atoms with Crippen molar-refractivity contribution in [2.24, 2.45) is 0 Å². The summed E-state index contributed by atoms with van der Waals surface area (Å²) in [5, 5.41) is 15.2. The average molecular weight is 348 g/mol. The molecule has 0 saturated carbocycles. The number of aromatic nitrogens is 6. The van der Waals surface area contributed by atoms with Gasteiger partial charge in [0, 0.05) is 12.1 Å². The van der Waals surface area contributed by atoms with E-state index in [1.165, 1.54) is 0 Å². The molecule has 8 nitrogen and oxygen atoms in total. The first-order valence-electron chi connectivity index (χ1n) is 8.04. The van der Waals surface area contributed by atoms with Crippen molar-refractivity contribution in [1.82, 2.24) is 29.5 Å². The van der Waals surface area contributed by atoms with E-state index in [-0.39, 0.29) is 0 Å². The van der Waals surface area contributed by atoms with Crippen LogP contribution in [-0.4, -0.2) is 42.7 Å². The maximum Gasteiger partial charge on any atom is 0.123 e. The summed E-state index contributed by atoms with van der Waals surface area (Å²) in [4.78, 5) is 0. The molecule has 26 heavy (non-hydrogen) atoms. The quantitative estimate of drug-likeness (QED) is 0.477. The van der Waals surface area contributed by atoms with Gasteiger partial charge in [-0.05, 0) is 24.3 Å². The Kier molecular flexibility index (Phi) is 4.55. The lowest BCUT2D eigenvalue weighted by Gasteiger charge is -2.10. The summed E-state index contributed by atoms with van der Waals surface area (Å²) in [5.41, 5.74) is 1.88. The van der Waals surface area contributed by atoms with Crippen molar-refractivity contribution >= 4 is 0 Å². The van der Waals surface area contributed by atoms with Crippen LogP contribution in [0.4, 0.5) is 0 Å². The fourth-order valence-electron chi connectivity index (χ4n) is 2.45. The van der Waals surface area contributed by atoms with Crippen LogP contribution in [0.3, 0.4) is 0 Å². The minimum absolute atomic E-state index is 0.433. The first kappa shape index (κ1) is 15.8. The summed E-state index contributed by atoms with van der Waals surface area (Å²) >= 11 is 0. The zero-order valence-electron chi connectivity index (χ0n) is 13.8. The maximum absolute atomic E-state index is 5.76.